The molecule has 0 amide bonds. The fourth-order valence-corrected chi connectivity index (χ4v) is 9.92. The topological polar surface area (TPSA) is 44.1 Å². The monoisotopic (exact) mass is 514 g/mol. The highest BCUT2D eigenvalue weighted by molar-refractivity contribution is 6.43. The van der Waals surface area contributed by atoms with Crippen molar-refractivity contribution < 1.29 is 9.53 Å². The molecule has 0 saturated heterocycles. The summed E-state index contributed by atoms with van der Waals surface area (Å²) in [5.74, 6) is 0.928. The second-order valence-corrected chi connectivity index (χ2v) is 13.3. The van der Waals surface area contributed by atoms with Gasteiger partial charge in [0.15, 0.2) is 0 Å². The van der Waals surface area contributed by atoms with Gasteiger partial charge in [0, 0.05) is 16.4 Å². The lowest BCUT2D eigenvalue weighted by atomic mass is 9.40. The smallest absolute Gasteiger partial charge is 0.312 e. The number of fused-ring (bicyclic) bond motifs is 5. The normalized spacial score (nSPS) is 39.5. The van der Waals surface area contributed by atoms with E-state index in [1.54, 1.807) is 0 Å². The maximum absolute atomic E-state index is 13.2. The number of carbonyl (C=O) groups excluding carboxylic acids is 1. The third-order valence-corrected chi connectivity index (χ3v) is 11.6. The number of hydrogen-bond donors (Lipinski definition) is 0. The summed E-state index contributed by atoms with van der Waals surface area (Å²) in [6.45, 7) is 9.49. The average Bonchev–Trinajstić information content (AvgIpc) is 3.33. The molecule has 188 valence electrons. The number of halogens is 2. The SMILES string of the molecule is CCOC(=O)[C@]1(C)CCC[C@@]2(C)[C@@H]3CC[C@@]4(C)C[C@]3(CC[C@@H]21)c1cnn(-c2cccc(Cl)c2Cl)c14. The molecule has 1 heterocycles. The van der Waals surface area contributed by atoms with Gasteiger partial charge in [0.2, 0.25) is 0 Å². The Balaban J connectivity index is 1.46. The van der Waals surface area contributed by atoms with Crippen molar-refractivity contribution in [3.8, 4) is 5.69 Å². The van der Waals surface area contributed by atoms with Gasteiger partial charge >= 0.3 is 5.97 Å². The van der Waals surface area contributed by atoms with E-state index in [9.17, 15) is 4.79 Å². The Morgan fingerprint density at radius 2 is 1.89 bits per heavy atom. The molecule has 3 saturated carbocycles. The van der Waals surface area contributed by atoms with Crippen molar-refractivity contribution in [3.05, 3.63) is 45.7 Å². The van der Waals surface area contributed by atoms with E-state index in [4.69, 9.17) is 33.0 Å². The molecule has 4 aliphatic rings. The van der Waals surface area contributed by atoms with Crippen LogP contribution in [0.2, 0.25) is 10.0 Å². The van der Waals surface area contributed by atoms with E-state index >= 15 is 0 Å². The second-order valence-electron chi connectivity index (χ2n) is 12.5. The first-order chi connectivity index (χ1) is 16.6. The molecule has 4 nitrogen and oxygen atoms in total. The number of rotatable bonds is 3. The van der Waals surface area contributed by atoms with Crippen molar-refractivity contribution in [2.45, 2.75) is 89.9 Å². The standard InChI is InChI=1S/C29H36Cl2N2O2/c1-5-35-25(34)28(4)13-7-12-27(3)21(28)11-15-29-17-26(2,14-10-22(27)29)24-18(29)16-32-33(24)20-9-6-8-19(30)23(20)31/h6,8-9,16,21-22H,5,7,10-15,17H2,1-4H3/t21-,22-,26-,27+,28+,29+/m0/s1. The van der Waals surface area contributed by atoms with Crippen LogP contribution in [0.4, 0.5) is 0 Å². The van der Waals surface area contributed by atoms with Crippen molar-refractivity contribution in [1.82, 2.24) is 9.78 Å². The third-order valence-electron chi connectivity index (χ3n) is 10.8. The summed E-state index contributed by atoms with van der Waals surface area (Å²) in [5.41, 5.74) is 3.54. The van der Waals surface area contributed by atoms with Gasteiger partial charge in [-0.15, -0.1) is 0 Å². The predicted molar refractivity (Wildman–Crippen MR) is 139 cm³/mol. The van der Waals surface area contributed by atoms with Crippen LogP contribution >= 0.6 is 23.2 Å². The maximum atomic E-state index is 13.2. The van der Waals surface area contributed by atoms with Crippen molar-refractivity contribution >= 4 is 29.2 Å². The lowest BCUT2D eigenvalue weighted by Crippen LogP contribution is -2.60. The Labute approximate surface area is 218 Å². The van der Waals surface area contributed by atoms with Crippen LogP contribution in [-0.2, 0) is 20.4 Å². The number of nitrogens with zero attached hydrogens (tertiary/aromatic N) is 2. The third kappa shape index (κ3) is 2.99. The average molecular weight is 516 g/mol. The molecule has 1 aromatic carbocycles. The minimum atomic E-state index is -0.384. The summed E-state index contributed by atoms with van der Waals surface area (Å²) in [5, 5.41) is 6.05. The second kappa shape index (κ2) is 7.74. The molecule has 1 spiro atoms. The minimum Gasteiger partial charge on any atom is -0.466 e. The van der Waals surface area contributed by atoms with E-state index in [0.717, 1.165) is 44.2 Å². The summed E-state index contributed by atoms with van der Waals surface area (Å²) in [6, 6.07) is 5.80. The highest BCUT2D eigenvalue weighted by Crippen LogP contribution is 2.73. The fourth-order valence-electron chi connectivity index (χ4n) is 9.54. The number of hydrogen-bond acceptors (Lipinski definition) is 3. The summed E-state index contributed by atoms with van der Waals surface area (Å²) in [6.07, 6.45) is 11.0. The molecule has 0 unspecified atom stereocenters. The van der Waals surface area contributed by atoms with Gasteiger partial charge in [-0.1, -0.05) is 49.5 Å². The lowest BCUT2D eigenvalue weighted by molar-refractivity contribution is -0.180. The van der Waals surface area contributed by atoms with E-state index in [1.807, 2.05) is 25.1 Å². The molecule has 0 radical (unpaired) electrons. The Morgan fingerprint density at radius 3 is 2.66 bits per heavy atom. The van der Waals surface area contributed by atoms with Gasteiger partial charge in [-0.2, -0.15) is 5.10 Å². The largest absolute Gasteiger partial charge is 0.466 e. The minimum absolute atomic E-state index is 0.0167. The molecule has 6 rings (SSSR count). The number of aromatic nitrogens is 2. The molecule has 0 N–H and O–H groups in total. The molecule has 1 aromatic heterocycles. The van der Waals surface area contributed by atoms with E-state index < -0.39 is 0 Å². The van der Waals surface area contributed by atoms with Crippen LogP contribution in [0.25, 0.3) is 5.69 Å². The van der Waals surface area contributed by atoms with Gasteiger partial charge in [0.25, 0.3) is 0 Å². The molecule has 6 atom stereocenters. The van der Waals surface area contributed by atoms with Crippen molar-refractivity contribution in [2.24, 2.45) is 22.7 Å². The molecule has 6 heteroatoms. The van der Waals surface area contributed by atoms with Crippen LogP contribution in [0.15, 0.2) is 24.4 Å². The highest BCUT2D eigenvalue weighted by atomic mass is 35.5. The molecular weight excluding hydrogens is 479 g/mol. The van der Waals surface area contributed by atoms with E-state index in [2.05, 4.69) is 31.6 Å². The van der Waals surface area contributed by atoms with E-state index in [-0.39, 0.29) is 27.6 Å². The lowest BCUT2D eigenvalue weighted by Gasteiger charge is -2.64. The van der Waals surface area contributed by atoms with Crippen molar-refractivity contribution in [3.63, 3.8) is 0 Å². The summed E-state index contributed by atoms with van der Waals surface area (Å²) < 4.78 is 7.73. The van der Waals surface area contributed by atoms with Crippen LogP contribution < -0.4 is 0 Å². The van der Waals surface area contributed by atoms with Gasteiger partial charge in [-0.3, -0.25) is 4.79 Å². The summed E-state index contributed by atoms with van der Waals surface area (Å²) >= 11 is 13.1. The number of esters is 1. The first-order valence-corrected chi connectivity index (χ1v) is 14.1. The maximum Gasteiger partial charge on any atom is 0.312 e. The first kappa shape index (κ1) is 23.9. The van der Waals surface area contributed by atoms with Crippen LogP contribution in [0.5, 0.6) is 0 Å². The van der Waals surface area contributed by atoms with E-state index in [1.165, 1.54) is 24.1 Å². The Bertz CT molecular complexity index is 1210. The molecule has 0 aliphatic heterocycles. The zero-order valence-electron chi connectivity index (χ0n) is 21.3. The number of ether oxygens (including phenoxy) is 1. The number of carbonyl (C=O) groups is 1. The van der Waals surface area contributed by atoms with Crippen LogP contribution in [0.3, 0.4) is 0 Å². The molecule has 3 fully saturated rings. The Morgan fingerprint density at radius 1 is 1.11 bits per heavy atom. The molecule has 2 aromatic rings. The van der Waals surface area contributed by atoms with Crippen LogP contribution in [0, 0.1) is 22.7 Å². The molecule has 35 heavy (non-hydrogen) atoms. The van der Waals surface area contributed by atoms with Crippen molar-refractivity contribution in [2.75, 3.05) is 6.61 Å². The Kier molecular flexibility index (Phi) is 5.28. The van der Waals surface area contributed by atoms with E-state index in [0.29, 0.717) is 28.5 Å². The zero-order chi connectivity index (χ0) is 24.8. The van der Waals surface area contributed by atoms with Crippen molar-refractivity contribution in [1.29, 1.82) is 0 Å². The zero-order valence-corrected chi connectivity index (χ0v) is 22.8. The van der Waals surface area contributed by atoms with Gasteiger partial charge in [-0.05, 0) is 88.2 Å². The van der Waals surface area contributed by atoms with Gasteiger partial charge in [0.1, 0.15) is 0 Å². The summed E-state index contributed by atoms with van der Waals surface area (Å²) in [4.78, 5) is 13.2. The quantitative estimate of drug-likeness (QED) is 0.394. The molecular formula is C29H36Cl2N2O2. The number of benzene rings is 1. The first-order valence-electron chi connectivity index (χ1n) is 13.3. The Hall–Kier alpha value is -1.52. The molecule has 2 bridgehead atoms. The highest BCUT2D eigenvalue weighted by Gasteiger charge is 2.68. The fraction of sp³-hybridized carbons (Fsp3) is 0.655. The molecule has 4 aliphatic carbocycles. The summed E-state index contributed by atoms with van der Waals surface area (Å²) in [7, 11) is 0. The van der Waals surface area contributed by atoms with Gasteiger partial charge in [-0.25, -0.2) is 4.68 Å². The predicted octanol–water partition coefficient (Wildman–Crippen LogP) is 7.66. The van der Waals surface area contributed by atoms with Gasteiger partial charge < -0.3 is 4.74 Å². The van der Waals surface area contributed by atoms with Gasteiger partial charge in [0.05, 0.1) is 39.6 Å². The van der Waals surface area contributed by atoms with Crippen LogP contribution in [0.1, 0.15) is 90.3 Å². The van der Waals surface area contributed by atoms with Crippen LogP contribution in [-0.4, -0.2) is 22.4 Å².